The maximum absolute atomic E-state index is 10.5. The molecular weight excluding hydrogens is 214 g/mol. The fraction of sp³-hybridized carbons (Fsp3) is 0.143. The highest BCUT2D eigenvalue weighted by atomic mass is 16.5. The Morgan fingerprint density at radius 1 is 1.18 bits per heavy atom. The maximum atomic E-state index is 10.5. The van der Waals surface area contributed by atoms with Crippen LogP contribution in [0.15, 0.2) is 42.6 Å². The van der Waals surface area contributed by atoms with Crippen LogP contribution in [0.25, 0.3) is 0 Å². The predicted molar refractivity (Wildman–Crippen MR) is 65.1 cm³/mol. The van der Waals surface area contributed by atoms with Crippen molar-refractivity contribution in [2.45, 2.75) is 13.5 Å². The van der Waals surface area contributed by atoms with Crippen LogP contribution < -0.4 is 4.74 Å². The van der Waals surface area contributed by atoms with E-state index < -0.39 is 0 Å². The first kappa shape index (κ1) is 11.3. The second-order valence-electron chi connectivity index (χ2n) is 3.78. The zero-order valence-corrected chi connectivity index (χ0v) is 9.59. The van der Waals surface area contributed by atoms with Crippen LogP contribution in [0.4, 0.5) is 0 Å². The molecule has 0 bridgehead atoms. The number of carbonyl (C=O) groups is 1. The van der Waals surface area contributed by atoms with Crippen LogP contribution in [0.3, 0.4) is 0 Å². The fourth-order valence-electron chi connectivity index (χ4n) is 1.40. The molecule has 0 unspecified atom stereocenters. The summed E-state index contributed by atoms with van der Waals surface area (Å²) in [4.78, 5) is 14.6. The van der Waals surface area contributed by atoms with Crippen LogP contribution in [0.2, 0.25) is 0 Å². The van der Waals surface area contributed by atoms with Gasteiger partial charge in [-0.25, -0.2) is 0 Å². The number of pyridine rings is 1. The normalized spacial score (nSPS) is 9.94. The molecule has 0 aliphatic rings. The van der Waals surface area contributed by atoms with Crippen LogP contribution in [-0.4, -0.2) is 11.3 Å². The standard InChI is InChI=1S/C14H13NO2/c1-11-2-7-14(8-15-11)17-10-13-5-3-12(9-16)4-6-13/h2-9H,10H2,1H3. The van der Waals surface area contributed by atoms with Gasteiger partial charge in [0, 0.05) is 11.3 Å². The Bertz CT molecular complexity index is 489. The molecule has 0 saturated heterocycles. The second kappa shape index (κ2) is 5.25. The number of aromatic nitrogens is 1. The predicted octanol–water partition coefficient (Wildman–Crippen LogP) is 2.78. The SMILES string of the molecule is Cc1ccc(OCc2ccc(C=O)cc2)cn1. The van der Waals surface area contributed by atoms with Gasteiger partial charge in [-0.05, 0) is 24.6 Å². The number of carbonyl (C=O) groups excluding carboxylic acids is 1. The zero-order valence-electron chi connectivity index (χ0n) is 9.59. The molecule has 3 nitrogen and oxygen atoms in total. The molecular formula is C14H13NO2. The van der Waals surface area contributed by atoms with Crippen molar-refractivity contribution < 1.29 is 9.53 Å². The van der Waals surface area contributed by atoms with Gasteiger partial charge >= 0.3 is 0 Å². The average Bonchev–Trinajstić information content (AvgIpc) is 2.39. The topological polar surface area (TPSA) is 39.2 Å². The molecule has 2 rings (SSSR count). The Balaban J connectivity index is 1.97. The quantitative estimate of drug-likeness (QED) is 0.754. The molecule has 0 spiro atoms. The van der Waals surface area contributed by atoms with Crippen molar-refractivity contribution >= 4 is 6.29 Å². The van der Waals surface area contributed by atoms with Gasteiger partial charge in [-0.1, -0.05) is 24.3 Å². The molecule has 3 heteroatoms. The Kier molecular flexibility index (Phi) is 3.50. The first-order valence-electron chi connectivity index (χ1n) is 5.37. The van der Waals surface area contributed by atoms with Gasteiger partial charge in [0.1, 0.15) is 18.6 Å². The Labute approximate surface area is 100 Å². The lowest BCUT2D eigenvalue weighted by atomic mass is 10.2. The summed E-state index contributed by atoms with van der Waals surface area (Å²) in [5.41, 5.74) is 2.66. The van der Waals surface area contributed by atoms with Crippen molar-refractivity contribution in [2.24, 2.45) is 0 Å². The number of hydrogen-bond acceptors (Lipinski definition) is 3. The van der Waals surface area contributed by atoms with Crippen LogP contribution in [0.5, 0.6) is 5.75 Å². The molecule has 17 heavy (non-hydrogen) atoms. The van der Waals surface area contributed by atoms with Gasteiger partial charge in [0.2, 0.25) is 0 Å². The highest BCUT2D eigenvalue weighted by molar-refractivity contribution is 5.74. The molecule has 0 aliphatic heterocycles. The van der Waals surface area contributed by atoms with Gasteiger partial charge in [0.25, 0.3) is 0 Å². The number of nitrogens with zero attached hydrogens (tertiary/aromatic N) is 1. The molecule has 1 aromatic heterocycles. The van der Waals surface area contributed by atoms with Gasteiger partial charge in [-0.2, -0.15) is 0 Å². The minimum atomic E-state index is 0.476. The Hall–Kier alpha value is -2.16. The van der Waals surface area contributed by atoms with Crippen molar-refractivity contribution in [2.75, 3.05) is 0 Å². The highest BCUT2D eigenvalue weighted by Gasteiger charge is 1.97. The number of rotatable bonds is 4. The van der Waals surface area contributed by atoms with Gasteiger partial charge in [-0.3, -0.25) is 9.78 Å². The minimum absolute atomic E-state index is 0.476. The molecule has 0 amide bonds. The summed E-state index contributed by atoms with van der Waals surface area (Å²) in [5.74, 6) is 0.745. The lowest BCUT2D eigenvalue weighted by Crippen LogP contribution is -1.96. The summed E-state index contributed by atoms with van der Waals surface area (Å²) in [7, 11) is 0. The first-order valence-corrected chi connectivity index (χ1v) is 5.37. The maximum Gasteiger partial charge on any atom is 0.150 e. The number of aldehydes is 1. The summed E-state index contributed by atoms with van der Waals surface area (Å²) in [5, 5.41) is 0. The zero-order chi connectivity index (χ0) is 12.1. The van der Waals surface area contributed by atoms with E-state index in [4.69, 9.17) is 4.74 Å². The molecule has 0 atom stereocenters. The van der Waals surface area contributed by atoms with Crippen LogP contribution in [0.1, 0.15) is 21.6 Å². The van der Waals surface area contributed by atoms with E-state index in [1.165, 1.54) is 0 Å². The van der Waals surface area contributed by atoms with Crippen LogP contribution in [0, 0.1) is 6.92 Å². The van der Waals surface area contributed by atoms with Gasteiger partial charge in [-0.15, -0.1) is 0 Å². The monoisotopic (exact) mass is 227 g/mol. The molecule has 0 N–H and O–H groups in total. The third kappa shape index (κ3) is 3.14. The molecule has 86 valence electrons. The number of benzene rings is 1. The Morgan fingerprint density at radius 3 is 2.53 bits per heavy atom. The summed E-state index contributed by atoms with van der Waals surface area (Å²) >= 11 is 0. The molecule has 1 aromatic carbocycles. The minimum Gasteiger partial charge on any atom is -0.487 e. The number of hydrogen-bond donors (Lipinski definition) is 0. The van der Waals surface area contributed by atoms with E-state index >= 15 is 0 Å². The van der Waals surface area contributed by atoms with Crippen molar-refractivity contribution in [3.05, 3.63) is 59.4 Å². The second-order valence-corrected chi connectivity index (χ2v) is 3.78. The molecule has 2 aromatic rings. The molecule has 0 fully saturated rings. The summed E-state index contributed by atoms with van der Waals surface area (Å²) in [6.45, 7) is 2.41. The molecule has 0 radical (unpaired) electrons. The number of ether oxygens (including phenoxy) is 1. The first-order chi connectivity index (χ1) is 8.28. The lowest BCUT2D eigenvalue weighted by Gasteiger charge is -2.06. The lowest BCUT2D eigenvalue weighted by molar-refractivity contribution is 0.112. The molecule has 0 saturated carbocycles. The van der Waals surface area contributed by atoms with E-state index in [0.717, 1.165) is 23.3 Å². The average molecular weight is 227 g/mol. The molecule has 1 heterocycles. The third-order valence-corrected chi connectivity index (χ3v) is 2.41. The van der Waals surface area contributed by atoms with Gasteiger partial charge in [0.05, 0.1) is 6.20 Å². The van der Waals surface area contributed by atoms with Crippen molar-refractivity contribution in [3.63, 3.8) is 0 Å². The smallest absolute Gasteiger partial charge is 0.150 e. The number of aryl methyl sites for hydroxylation is 1. The van der Waals surface area contributed by atoms with E-state index in [0.29, 0.717) is 12.2 Å². The van der Waals surface area contributed by atoms with Gasteiger partial charge in [0.15, 0.2) is 0 Å². The fourth-order valence-corrected chi connectivity index (χ4v) is 1.40. The Morgan fingerprint density at radius 2 is 1.94 bits per heavy atom. The third-order valence-electron chi connectivity index (χ3n) is 2.41. The van der Waals surface area contributed by atoms with Crippen LogP contribution in [-0.2, 0) is 6.61 Å². The van der Waals surface area contributed by atoms with E-state index in [-0.39, 0.29) is 0 Å². The summed E-state index contributed by atoms with van der Waals surface area (Å²) < 4.78 is 5.57. The summed E-state index contributed by atoms with van der Waals surface area (Å²) in [6, 6.07) is 11.1. The largest absolute Gasteiger partial charge is 0.487 e. The molecule has 0 aliphatic carbocycles. The van der Waals surface area contributed by atoms with E-state index in [1.54, 1.807) is 18.3 Å². The van der Waals surface area contributed by atoms with Gasteiger partial charge < -0.3 is 4.74 Å². The summed E-state index contributed by atoms with van der Waals surface area (Å²) in [6.07, 6.45) is 2.53. The van der Waals surface area contributed by atoms with Crippen molar-refractivity contribution in [1.82, 2.24) is 4.98 Å². The van der Waals surface area contributed by atoms with Crippen molar-refractivity contribution in [1.29, 1.82) is 0 Å². The van der Waals surface area contributed by atoms with Crippen LogP contribution >= 0.6 is 0 Å². The van der Waals surface area contributed by atoms with E-state index in [1.807, 2.05) is 31.2 Å². The van der Waals surface area contributed by atoms with Crippen molar-refractivity contribution in [3.8, 4) is 5.75 Å². The van der Waals surface area contributed by atoms with E-state index in [9.17, 15) is 4.79 Å². The highest BCUT2D eigenvalue weighted by Crippen LogP contribution is 2.11. The van der Waals surface area contributed by atoms with E-state index in [2.05, 4.69) is 4.98 Å².